The SMILES string of the molecule is Cc1sc(NC(=O)CCN2C(=O)NC3(CCCCC3)C2=O)nc1-c1ccc(F)cc1. The second-order valence-corrected chi connectivity index (χ2v) is 8.96. The van der Waals surface area contributed by atoms with Crippen LogP contribution in [0, 0.1) is 12.7 Å². The normalized spacial score (nSPS) is 18.0. The number of hydrogen-bond acceptors (Lipinski definition) is 5. The number of carbonyl (C=O) groups excluding carboxylic acids is 3. The Bertz CT molecular complexity index is 983. The number of urea groups is 1. The third-order valence-corrected chi connectivity index (χ3v) is 6.56. The van der Waals surface area contributed by atoms with Crippen LogP contribution in [0.3, 0.4) is 0 Å². The van der Waals surface area contributed by atoms with E-state index in [1.165, 1.54) is 23.5 Å². The average Bonchev–Trinajstić information content (AvgIpc) is 3.18. The molecule has 7 nitrogen and oxygen atoms in total. The van der Waals surface area contributed by atoms with Crippen LogP contribution in [0.2, 0.25) is 0 Å². The number of nitrogens with one attached hydrogen (secondary N) is 2. The van der Waals surface area contributed by atoms with E-state index in [0.717, 1.165) is 34.6 Å². The quantitative estimate of drug-likeness (QED) is 0.705. The molecule has 1 aliphatic carbocycles. The van der Waals surface area contributed by atoms with Gasteiger partial charge in [0.1, 0.15) is 11.4 Å². The molecule has 1 aromatic heterocycles. The molecular formula is C21H23FN4O3S. The topological polar surface area (TPSA) is 91.4 Å². The minimum atomic E-state index is -0.776. The largest absolute Gasteiger partial charge is 0.325 e. The van der Waals surface area contributed by atoms with Gasteiger partial charge in [0, 0.05) is 23.4 Å². The van der Waals surface area contributed by atoms with E-state index in [2.05, 4.69) is 15.6 Å². The Hall–Kier alpha value is -2.81. The second kappa shape index (κ2) is 8.14. The number of aromatic nitrogens is 1. The number of benzene rings is 1. The molecule has 158 valence electrons. The molecule has 1 saturated heterocycles. The van der Waals surface area contributed by atoms with Gasteiger partial charge in [-0.1, -0.05) is 19.3 Å². The highest BCUT2D eigenvalue weighted by atomic mass is 32.1. The van der Waals surface area contributed by atoms with Crippen LogP contribution in [-0.4, -0.2) is 39.8 Å². The van der Waals surface area contributed by atoms with Gasteiger partial charge in [-0.15, -0.1) is 11.3 Å². The summed E-state index contributed by atoms with van der Waals surface area (Å²) in [4.78, 5) is 43.9. The zero-order valence-corrected chi connectivity index (χ0v) is 17.5. The predicted octanol–water partition coefficient (Wildman–Crippen LogP) is 3.84. The predicted molar refractivity (Wildman–Crippen MR) is 112 cm³/mol. The van der Waals surface area contributed by atoms with Gasteiger partial charge in [0.2, 0.25) is 5.91 Å². The van der Waals surface area contributed by atoms with Gasteiger partial charge in [0.05, 0.1) is 5.69 Å². The van der Waals surface area contributed by atoms with E-state index in [1.807, 2.05) is 6.92 Å². The number of thiazole rings is 1. The first kappa shape index (κ1) is 20.5. The summed E-state index contributed by atoms with van der Waals surface area (Å²) in [5.74, 6) is -0.862. The minimum absolute atomic E-state index is 0.000249. The maximum absolute atomic E-state index is 13.1. The van der Waals surface area contributed by atoms with E-state index < -0.39 is 11.6 Å². The van der Waals surface area contributed by atoms with Crippen molar-refractivity contribution in [3.05, 3.63) is 35.0 Å². The highest BCUT2D eigenvalue weighted by Crippen LogP contribution is 2.34. The summed E-state index contributed by atoms with van der Waals surface area (Å²) in [7, 11) is 0. The zero-order valence-electron chi connectivity index (χ0n) is 16.7. The number of hydrogen-bond donors (Lipinski definition) is 2. The Morgan fingerprint density at radius 1 is 1.23 bits per heavy atom. The fourth-order valence-electron chi connectivity index (χ4n) is 4.09. The zero-order chi connectivity index (χ0) is 21.3. The fraction of sp³-hybridized carbons (Fsp3) is 0.429. The van der Waals surface area contributed by atoms with Crippen LogP contribution in [0.1, 0.15) is 43.4 Å². The Morgan fingerprint density at radius 2 is 1.93 bits per heavy atom. The summed E-state index contributed by atoms with van der Waals surface area (Å²) in [6.07, 6.45) is 4.22. The lowest BCUT2D eigenvalue weighted by molar-refractivity contribution is -0.132. The van der Waals surface area contributed by atoms with Crippen molar-refractivity contribution in [2.75, 3.05) is 11.9 Å². The molecule has 0 unspecified atom stereocenters. The Labute approximate surface area is 177 Å². The van der Waals surface area contributed by atoms with Gasteiger partial charge in [-0.05, 0) is 44.0 Å². The number of rotatable bonds is 5. The maximum Gasteiger partial charge on any atom is 0.325 e. The standard InChI is InChI=1S/C21H23FN4O3S/c1-13-17(14-5-7-15(22)8-6-14)24-19(30-13)23-16(27)9-12-26-18(28)21(25-20(26)29)10-3-2-4-11-21/h5-8H,2-4,9-12H2,1H3,(H,25,29)(H,23,24,27). The van der Waals surface area contributed by atoms with Gasteiger partial charge in [-0.2, -0.15) is 0 Å². The lowest BCUT2D eigenvalue weighted by Crippen LogP contribution is -2.48. The summed E-state index contributed by atoms with van der Waals surface area (Å²) in [6.45, 7) is 1.91. The van der Waals surface area contributed by atoms with Gasteiger partial charge in [0.15, 0.2) is 5.13 Å². The summed E-state index contributed by atoms with van der Waals surface area (Å²) >= 11 is 1.32. The molecule has 1 aliphatic heterocycles. The van der Waals surface area contributed by atoms with Crippen molar-refractivity contribution in [2.45, 2.75) is 51.0 Å². The van der Waals surface area contributed by atoms with Crippen molar-refractivity contribution >= 4 is 34.3 Å². The van der Waals surface area contributed by atoms with Crippen LogP contribution in [-0.2, 0) is 9.59 Å². The van der Waals surface area contributed by atoms with Crippen molar-refractivity contribution in [2.24, 2.45) is 0 Å². The third kappa shape index (κ3) is 3.94. The molecule has 30 heavy (non-hydrogen) atoms. The molecule has 2 heterocycles. The van der Waals surface area contributed by atoms with Crippen LogP contribution in [0.5, 0.6) is 0 Å². The molecule has 4 rings (SSSR count). The van der Waals surface area contributed by atoms with Gasteiger partial charge in [-0.3, -0.25) is 14.5 Å². The molecular weight excluding hydrogens is 407 g/mol. The molecule has 2 fully saturated rings. The summed E-state index contributed by atoms with van der Waals surface area (Å²) in [5.41, 5.74) is 0.675. The van der Waals surface area contributed by atoms with Gasteiger partial charge >= 0.3 is 6.03 Å². The summed E-state index contributed by atoms with van der Waals surface area (Å²) in [6, 6.07) is 5.59. The molecule has 0 radical (unpaired) electrons. The molecule has 2 aromatic rings. The molecule has 1 aromatic carbocycles. The Kier molecular flexibility index (Phi) is 5.55. The molecule has 9 heteroatoms. The number of nitrogens with zero attached hydrogens (tertiary/aromatic N) is 2. The number of halogens is 1. The number of aryl methyl sites for hydroxylation is 1. The van der Waals surface area contributed by atoms with Gasteiger partial charge in [0.25, 0.3) is 5.91 Å². The van der Waals surface area contributed by atoms with E-state index >= 15 is 0 Å². The fourth-order valence-corrected chi connectivity index (χ4v) is 4.95. The van der Waals surface area contributed by atoms with Crippen molar-refractivity contribution < 1.29 is 18.8 Å². The average molecular weight is 431 g/mol. The number of imide groups is 1. The van der Waals surface area contributed by atoms with E-state index in [-0.39, 0.29) is 30.6 Å². The Balaban J connectivity index is 1.36. The molecule has 1 spiro atoms. The van der Waals surface area contributed by atoms with Crippen LogP contribution in [0.25, 0.3) is 11.3 Å². The first-order valence-corrected chi connectivity index (χ1v) is 10.9. The molecule has 2 aliphatic rings. The minimum Gasteiger partial charge on any atom is -0.323 e. The first-order valence-electron chi connectivity index (χ1n) is 10.1. The van der Waals surface area contributed by atoms with Gasteiger partial charge < -0.3 is 10.6 Å². The Morgan fingerprint density at radius 3 is 2.63 bits per heavy atom. The molecule has 1 saturated carbocycles. The van der Waals surface area contributed by atoms with Crippen molar-refractivity contribution in [1.82, 2.24) is 15.2 Å². The molecule has 0 atom stereocenters. The molecule has 4 amide bonds. The lowest BCUT2D eigenvalue weighted by atomic mass is 9.82. The van der Waals surface area contributed by atoms with Gasteiger partial charge in [-0.25, -0.2) is 14.2 Å². The van der Waals surface area contributed by atoms with Crippen LogP contribution < -0.4 is 10.6 Å². The number of carbonyl (C=O) groups is 3. The summed E-state index contributed by atoms with van der Waals surface area (Å²) < 4.78 is 13.1. The van der Waals surface area contributed by atoms with Crippen molar-refractivity contribution in [1.29, 1.82) is 0 Å². The monoisotopic (exact) mass is 430 g/mol. The second-order valence-electron chi connectivity index (χ2n) is 7.76. The highest BCUT2D eigenvalue weighted by Gasteiger charge is 2.51. The van der Waals surface area contributed by atoms with Crippen LogP contribution in [0.15, 0.2) is 24.3 Å². The van der Waals surface area contributed by atoms with E-state index in [9.17, 15) is 18.8 Å². The lowest BCUT2D eigenvalue weighted by Gasteiger charge is -2.30. The molecule has 0 bridgehead atoms. The first-order chi connectivity index (χ1) is 14.4. The van der Waals surface area contributed by atoms with E-state index in [1.54, 1.807) is 12.1 Å². The third-order valence-electron chi connectivity index (χ3n) is 5.68. The van der Waals surface area contributed by atoms with E-state index in [0.29, 0.717) is 23.7 Å². The van der Waals surface area contributed by atoms with Crippen molar-refractivity contribution in [3.63, 3.8) is 0 Å². The number of anilines is 1. The molecule has 2 N–H and O–H groups in total. The summed E-state index contributed by atoms with van der Waals surface area (Å²) in [5, 5.41) is 6.01. The number of amides is 4. The van der Waals surface area contributed by atoms with Crippen LogP contribution >= 0.6 is 11.3 Å². The van der Waals surface area contributed by atoms with Crippen LogP contribution in [0.4, 0.5) is 14.3 Å². The van der Waals surface area contributed by atoms with E-state index in [4.69, 9.17) is 0 Å². The highest BCUT2D eigenvalue weighted by molar-refractivity contribution is 7.16. The van der Waals surface area contributed by atoms with Crippen molar-refractivity contribution in [3.8, 4) is 11.3 Å². The smallest absolute Gasteiger partial charge is 0.323 e. The maximum atomic E-state index is 13.1.